The van der Waals surface area contributed by atoms with Crippen LogP contribution >= 0.6 is 0 Å². The Hall–Kier alpha value is -6.91. The number of nitrogens with zero attached hydrogens (tertiary/aromatic N) is 3. The molecule has 0 amide bonds. The monoisotopic (exact) mass is 653 g/mol. The van der Waals surface area contributed by atoms with Crippen LogP contribution in [0.5, 0.6) is 0 Å². The van der Waals surface area contributed by atoms with Crippen LogP contribution in [0, 0.1) is 0 Å². The lowest BCUT2D eigenvalue weighted by atomic mass is 10.0. The molecule has 2 aromatic heterocycles. The molecule has 0 saturated heterocycles. The Balaban J connectivity index is 1.28. The molecular formula is C47H31N3O. The number of benzene rings is 8. The van der Waals surface area contributed by atoms with E-state index in [1.54, 1.807) is 0 Å². The van der Waals surface area contributed by atoms with Crippen LogP contribution < -0.4 is 4.90 Å². The molecule has 0 atom stereocenters. The van der Waals surface area contributed by atoms with Crippen LogP contribution in [0.3, 0.4) is 0 Å². The summed E-state index contributed by atoms with van der Waals surface area (Å²) in [6.07, 6.45) is 0. The smallest absolute Gasteiger partial charge is 0.227 e. The Kier molecular flexibility index (Phi) is 6.78. The fraction of sp³-hybridized carbons (Fsp3) is 0. The molecule has 0 spiro atoms. The first-order chi connectivity index (χ1) is 25.3. The highest BCUT2D eigenvalue weighted by atomic mass is 16.3. The molecule has 51 heavy (non-hydrogen) atoms. The zero-order valence-electron chi connectivity index (χ0n) is 27.6. The van der Waals surface area contributed by atoms with Crippen LogP contribution in [0.15, 0.2) is 192 Å². The van der Waals surface area contributed by atoms with Crippen molar-refractivity contribution < 1.29 is 4.42 Å². The largest absolute Gasteiger partial charge is 0.434 e. The van der Waals surface area contributed by atoms with Crippen molar-refractivity contribution in [3.05, 3.63) is 188 Å². The van der Waals surface area contributed by atoms with Crippen molar-refractivity contribution in [2.75, 3.05) is 4.90 Å². The van der Waals surface area contributed by atoms with Crippen molar-refractivity contribution in [1.29, 1.82) is 0 Å². The number of hydrogen-bond donors (Lipinski definition) is 0. The Morgan fingerprint density at radius 3 is 1.80 bits per heavy atom. The van der Waals surface area contributed by atoms with E-state index >= 15 is 0 Å². The van der Waals surface area contributed by atoms with Gasteiger partial charge in [0.15, 0.2) is 5.58 Å². The predicted molar refractivity (Wildman–Crippen MR) is 211 cm³/mol. The van der Waals surface area contributed by atoms with E-state index in [1.165, 1.54) is 32.8 Å². The van der Waals surface area contributed by atoms with Crippen molar-refractivity contribution in [3.63, 3.8) is 0 Å². The number of hydrogen-bond acceptors (Lipinski definition) is 3. The maximum atomic E-state index is 6.68. The van der Waals surface area contributed by atoms with Gasteiger partial charge < -0.3 is 13.9 Å². The van der Waals surface area contributed by atoms with Gasteiger partial charge in [-0.2, -0.15) is 0 Å². The standard InChI is InChI=1S/C47H31N3O/c1-4-15-32(16-5-1)33-27-29-36(30-28-33)49(43-26-14-24-41-46(43)51-47(48-41)34-17-6-2-7-18-34)44-31-40-38-22-12-13-25-42(38)50(35-19-8-3-9-20-35)45(40)39-23-11-10-21-37(39)44/h1-31H. The Labute approximate surface area is 295 Å². The molecule has 2 heterocycles. The lowest BCUT2D eigenvalue weighted by molar-refractivity contribution is 0.620. The number of aromatic nitrogens is 2. The van der Waals surface area contributed by atoms with Crippen LogP contribution in [0.25, 0.3) is 71.9 Å². The third kappa shape index (κ3) is 4.80. The minimum Gasteiger partial charge on any atom is -0.434 e. The molecule has 0 bridgehead atoms. The molecule has 4 heteroatoms. The number of anilines is 3. The van der Waals surface area contributed by atoms with Gasteiger partial charge in [0, 0.05) is 38.5 Å². The van der Waals surface area contributed by atoms with Gasteiger partial charge in [-0.25, -0.2) is 4.98 Å². The van der Waals surface area contributed by atoms with Crippen molar-refractivity contribution in [2.45, 2.75) is 0 Å². The molecule has 0 fully saturated rings. The minimum atomic E-state index is 0.601. The second-order valence-electron chi connectivity index (χ2n) is 12.8. The first-order valence-electron chi connectivity index (χ1n) is 17.2. The molecule has 240 valence electrons. The molecule has 4 nitrogen and oxygen atoms in total. The molecule has 10 rings (SSSR count). The minimum absolute atomic E-state index is 0.601. The first-order valence-corrected chi connectivity index (χ1v) is 17.2. The highest BCUT2D eigenvalue weighted by molar-refractivity contribution is 6.22. The zero-order chi connectivity index (χ0) is 33.7. The van der Waals surface area contributed by atoms with E-state index in [0.29, 0.717) is 5.89 Å². The van der Waals surface area contributed by atoms with Gasteiger partial charge in [-0.1, -0.05) is 127 Å². The predicted octanol–water partition coefficient (Wildman–Crippen LogP) is 12.9. The second kappa shape index (κ2) is 11.9. The van der Waals surface area contributed by atoms with Crippen LogP contribution in [0.4, 0.5) is 17.1 Å². The maximum Gasteiger partial charge on any atom is 0.227 e. The van der Waals surface area contributed by atoms with Crippen LogP contribution in [-0.2, 0) is 0 Å². The summed E-state index contributed by atoms with van der Waals surface area (Å²) < 4.78 is 9.08. The van der Waals surface area contributed by atoms with Gasteiger partial charge >= 0.3 is 0 Å². The van der Waals surface area contributed by atoms with E-state index < -0.39 is 0 Å². The Bertz CT molecular complexity index is 2840. The van der Waals surface area contributed by atoms with Crippen molar-refractivity contribution >= 4 is 60.7 Å². The molecule has 0 aliphatic rings. The van der Waals surface area contributed by atoms with Crippen molar-refractivity contribution in [1.82, 2.24) is 9.55 Å². The molecule has 0 aliphatic carbocycles. The van der Waals surface area contributed by atoms with Gasteiger partial charge in [0.05, 0.1) is 22.4 Å². The molecule has 0 N–H and O–H groups in total. The van der Waals surface area contributed by atoms with E-state index in [1.807, 2.05) is 36.4 Å². The van der Waals surface area contributed by atoms with Crippen LogP contribution in [0.2, 0.25) is 0 Å². The van der Waals surface area contributed by atoms with E-state index in [2.05, 4.69) is 161 Å². The SMILES string of the molecule is c1ccc(-c2ccc(N(c3cc4c5ccccc5n(-c5ccccc5)c4c4ccccc34)c3cccc4nc(-c5ccccc5)oc34)cc2)cc1. The van der Waals surface area contributed by atoms with E-state index in [0.717, 1.165) is 50.4 Å². The van der Waals surface area contributed by atoms with Crippen molar-refractivity contribution in [3.8, 4) is 28.3 Å². The third-order valence-corrected chi connectivity index (χ3v) is 9.80. The number of fused-ring (bicyclic) bond motifs is 6. The summed E-state index contributed by atoms with van der Waals surface area (Å²) in [5, 5.41) is 4.69. The molecule has 0 aliphatic heterocycles. The normalized spacial score (nSPS) is 11.5. The molecular weight excluding hydrogens is 623 g/mol. The summed E-state index contributed by atoms with van der Waals surface area (Å²) in [6.45, 7) is 0. The highest BCUT2D eigenvalue weighted by Crippen LogP contribution is 2.47. The van der Waals surface area contributed by atoms with E-state index in [-0.39, 0.29) is 0 Å². The number of rotatable bonds is 6. The van der Waals surface area contributed by atoms with Crippen LogP contribution in [0.1, 0.15) is 0 Å². The summed E-state index contributed by atoms with van der Waals surface area (Å²) in [4.78, 5) is 7.30. The van der Waals surface area contributed by atoms with Gasteiger partial charge in [-0.05, 0) is 71.8 Å². The molecule has 10 aromatic rings. The fourth-order valence-electron chi connectivity index (χ4n) is 7.49. The number of para-hydroxylation sites is 3. The molecule has 8 aromatic carbocycles. The molecule has 0 radical (unpaired) electrons. The molecule has 0 saturated carbocycles. The molecule has 0 unspecified atom stereocenters. The first kappa shape index (κ1) is 29.0. The summed E-state index contributed by atoms with van der Waals surface area (Å²) in [6, 6.07) is 66.2. The van der Waals surface area contributed by atoms with Gasteiger partial charge in [0.1, 0.15) is 5.52 Å². The number of oxazole rings is 1. The quantitative estimate of drug-likeness (QED) is 0.179. The van der Waals surface area contributed by atoms with Gasteiger partial charge in [0.25, 0.3) is 0 Å². The van der Waals surface area contributed by atoms with Gasteiger partial charge in [0.2, 0.25) is 5.89 Å². The third-order valence-electron chi connectivity index (χ3n) is 9.80. The average molecular weight is 654 g/mol. The second-order valence-corrected chi connectivity index (χ2v) is 12.8. The lowest BCUT2D eigenvalue weighted by Gasteiger charge is -2.27. The fourth-order valence-corrected chi connectivity index (χ4v) is 7.49. The van der Waals surface area contributed by atoms with E-state index in [9.17, 15) is 0 Å². The Morgan fingerprint density at radius 2 is 1.06 bits per heavy atom. The summed E-state index contributed by atoms with van der Waals surface area (Å²) >= 11 is 0. The van der Waals surface area contributed by atoms with Crippen LogP contribution in [-0.4, -0.2) is 9.55 Å². The van der Waals surface area contributed by atoms with Gasteiger partial charge in [-0.15, -0.1) is 0 Å². The summed E-state index contributed by atoms with van der Waals surface area (Å²) in [5.41, 5.74) is 11.3. The van der Waals surface area contributed by atoms with Crippen molar-refractivity contribution in [2.24, 2.45) is 0 Å². The zero-order valence-corrected chi connectivity index (χ0v) is 27.6. The topological polar surface area (TPSA) is 34.2 Å². The average Bonchev–Trinajstić information content (AvgIpc) is 3.80. The maximum absolute atomic E-state index is 6.68. The lowest BCUT2D eigenvalue weighted by Crippen LogP contribution is -2.11. The highest BCUT2D eigenvalue weighted by Gasteiger charge is 2.24. The van der Waals surface area contributed by atoms with Gasteiger partial charge in [-0.3, -0.25) is 0 Å². The van der Waals surface area contributed by atoms with E-state index in [4.69, 9.17) is 9.40 Å². The Morgan fingerprint density at radius 1 is 0.451 bits per heavy atom. The summed E-state index contributed by atoms with van der Waals surface area (Å²) in [7, 11) is 0. The summed E-state index contributed by atoms with van der Waals surface area (Å²) in [5.74, 6) is 0.601.